The first-order valence-electron chi connectivity index (χ1n) is 4.11. The number of hydrogen-bond acceptors (Lipinski definition) is 3. The maximum absolute atomic E-state index is 11.4. The predicted octanol–water partition coefficient (Wildman–Crippen LogP) is 0.485. The number of likely N-dealkylation sites (tertiary alicyclic amines) is 1. The molecule has 0 aliphatic carbocycles. The van der Waals surface area contributed by atoms with Crippen LogP contribution in [0.4, 0.5) is 0 Å². The maximum atomic E-state index is 11.4. The number of rotatable bonds is 1. The van der Waals surface area contributed by atoms with Crippen LogP contribution in [0.2, 0.25) is 0 Å². The Balaban J connectivity index is 2.99. The first-order valence-corrected chi connectivity index (χ1v) is 4.11. The number of hydrogen-bond donors (Lipinski definition) is 0. The van der Waals surface area contributed by atoms with Crippen LogP contribution in [0.1, 0.15) is 20.8 Å². The molecule has 1 aliphatic rings. The Labute approximate surface area is 72.7 Å². The zero-order valence-electron chi connectivity index (χ0n) is 8.05. The normalized spacial score (nSPS) is 29.3. The monoisotopic (exact) mass is 169 g/mol. The van der Waals surface area contributed by atoms with Crippen LogP contribution >= 0.6 is 0 Å². The molecule has 3 nitrogen and oxygen atoms in total. The molecular weight excluding hydrogens is 154 g/mol. The Hall–Kier alpha value is -0.700. The Morgan fingerprint density at radius 1 is 1.58 bits per heavy atom. The van der Waals surface area contributed by atoms with Gasteiger partial charge in [-0.2, -0.15) is 0 Å². The van der Waals surface area contributed by atoms with Gasteiger partial charge in [0, 0.05) is 5.41 Å². The largest absolute Gasteiger partial charge is 0.298 e. The average molecular weight is 169 g/mol. The smallest absolute Gasteiger partial charge is 0.154 e. The molecule has 0 unspecified atom stereocenters. The van der Waals surface area contributed by atoms with E-state index in [2.05, 4.69) is 0 Å². The van der Waals surface area contributed by atoms with E-state index in [1.807, 2.05) is 25.8 Å². The summed E-state index contributed by atoms with van der Waals surface area (Å²) in [7, 11) is 1.82. The highest BCUT2D eigenvalue weighted by atomic mass is 16.1. The van der Waals surface area contributed by atoms with Gasteiger partial charge in [0.2, 0.25) is 0 Å². The molecular formula is C9H15NO2. The molecule has 0 bridgehead atoms. The van der Waals surface area contributed by atoms with Gasteiger partial charge in [0.05, 0.1) is 12.6 Å². The van der Waals surface area contributed by atoms with Gasteiger partial charge < -0.3 is 0 Å². The van der Waals surface area contributed by atoms with E-state index in [-0.39, 0.29) is 17.6 Å². The lowest BCUT2D eigenvalue weighted by Crippen LogP contribution is -2.41. The number of carbonyl (C=O) groups excluding carboxylic acids is 2. The van der Waals surface area contributed by atoms with Crippen molar-refractivity contribution in [2.24, 2.45) is 5.41 Å². The fourth-order valence-corrected chi connectivity index (χ4v) is 2.04. The molecule has 1 aliphatic heterocycles. The maximum Gasteiger partial charge on any atom is 0.154 e. The predicted molar refractivity (Wildman–Crippen MR) is 45.9 cm³/mol. The van der Waals surface area contributed by atoms with E-state index in [1.54, 1.807) is 6.92 Å². The third kappa shape index (κ3) is 1.18. The van der Waals surface area contributed by atoms with Crippen LogP contribution in [0, 0.1) is 5.41 Å². The van der Waals surface area contributed by atoms with Gasteiger partial charge in [-0.1, -0.05) is 13.8 Å². The SMILES string of the molecule is CC(=O)[C@H]1N(C)CC(=O)C1(C)C. The molecule has 0 spiro atoms. The van der Waals surface area contributed by atoms with Gasteiger partial charge in [-0.25, -0.2) is 0 Å². The molecule has 1 rings (SSSR count). The molecule has 68 valence electrons. The summed E-state index contributed by atoms with van der Waals surface area (Å²) >= 11 is 0. The van der Waals surface area contributed by atoms with E-state index < -0.39 is 5.41 Å². The molecule has 0 aromatic carbocycles. The van der Waals surface area contributed by atoms with Crippen LogP contribution in [0.5, 0.6) is 0 Å². The Bertz CT molecular complexity index is 233. The first kappa shape index (κ1) is 9.39. The minimum absolute atomic E-state index is 0.0772. The second-order valence-electron chi connectivity index (χ2n) is 4.07. The highest BCUT2D eigenvalue weighted by molar-refractivity contribution is 5.97. The number of nitrogens with zero attached hydrogens (tertiary/aromatic N) is 1. The van der Waals surface area contributed by atoms with E-state index >= 15 is 0 Å². The fourth-order valence-electron chi connectivity index (χ4n) is 2.04. The summed E-state index contributed by atoms with van der Waals surface area (Å²) in [6.45, 7) is 5.62. The van der Waals surface area contributed by atoms with Crippen molar-refractivity contribution in [3.8, 4) is 0 Å². The van der Waals surface area contributed by atoms with Gasteiger partial charge in [-0.3, -0.25) is 14.5 Å². The van der Waals surface area contributed by atoms with Crippen molar-refractivity contribution >= 4 is 11.6 Å². The lowest BCUT2D eigenvalue weighted by molar-refractivity contribution is -0.129. The molecule has 1 fully saturated rings. The summed E-state index contributed by atoms with van der Waals surface area (Å²) in [6.07, 6.45) is 0. The van der Waals surface area contributed by atoms with E-state index in [4.69, 9.17) is 0 Å². The zero-order valence-corrected chi connectivity index (χ0v) is 8.05. The molecule has 0 aromatic heterocycles. The highest BCUT2D eigenvalue weighted by Crippen LogP contribution is 2.32. The Morgan fingerprint density at radius 2 is 2.08 bits per heavy atom. The number of likely N-dealkylation sites (N-methyl/N-ethyl adjacent to an activating group) is 1. The first-order chi connectivity index (χ1) is 5.37. The Morgan fingerprint density at radius 3 is 2.25 bits per heavy atom. The fraction of sp³-hybridized carbons (Fsp3) is 0.778. The van der Waals surface area contributed by atoms with Crippen molar-refractivity contribution in [3.63, 3.8) is 0 Å². The van der Waals surface area contributed by atoms with E-state index in [1.165, 1.54) is 0 Å². The van der Waals surface area contributed by atoms with Crippen molar-refractivity contribution in [2.45, 2.75) is 26.8 Å². The summed E-state index contributed by atoms with van der Waals surface area (Å²) in [5.41, 5.74) is -0.499. The van der Waals surface area contributed by atoms with Gasteiger partial charge >= 0.3 is 0 Å². The number of ketones is 2. The third-order valence-corrected chi connectivity index (χ3v) is 2.62. The van der Waals surface area contributed by atoms with Crippen LogP contribution in [0.15, 0.2) is 0 Å². The molecule has 12 heavy (non-hydrogen) atoms. The van der Waals surface area contributed by atoms with E-state index in [9.17, 15) is 9.59 Å². The van der Waals surface area contributed by atoms with Crippen molar-refractivity contribution in [1.82, 2.24) is 4.90 Å². The number of Topliss-reactive ketones (excluding diaryl/α,β-unsaturated/α-hetero) is 2. The van der Waals surface area contributed by atoms with Crippen LogP contribution < -0.4 is 0 Å². The molecule has 0 saturated carbocycles. The summed E-state index contributed by atoms with van der Waals surface area (Å²) < 4.78 is 0. The van der Waals surface area contributed by atoms with Gasteiger partial charge in [-0.15, -0.1) is 0 Å². The van der Waals surface area contributed by atoms with E-state index in [0.29, 0.717) is 6.54 Å². The summed E-state index contributed by atoms with van der Waals surface area (Å²) in [6, 6.07) is -0.231. The van der Waals surface area contributed by atoms with Gasteiger partial charge in [0.1, 0.15) is 5.78 Å². The zero-order chi connectivity index (χ0) is 9.52. The molecule has 1 heterocycles. The van der Waals surface area contributed by atoms with Crippen LogP contribution in [-0.4, -0.2) is 36.1 Å². The quantitative estimate of drug-likeness (QED) is 0.573. The van der Waals surface area contributed by atoms with Crippen molar-refractivity contribution in [2.75, 3.05) is 13.6 Å². The van der Waals surface area contributed by atoms with Gasteiger partial charge in [0.25, 0.3) is 0 Å². The lowest BCUT2D eigenvalue weighted by Gasteiger charge is -2.26. The average Bonchev–Trinajstić information content (AvgIpc) is 2.02. The van der Waals surface area contributed by atoms with Gasteiger partial charge in [0.15, 0.2) is 5.78 Å². The minimum atomic E-state index is -0.499. The summed E-state index contributed by atoms with van der Waals surface area (Å²) in [5, 5.41) is 0. The molecule has 0 amide bonds. The van der Waals surface area contributed by atoms with Crippen molar-refractivity contribution in [3.05, 3.63) is 0 Å². The highest BCUT2D eigenvalue weighted by Gasteiger charge is 2.47. The lowest BCUT2D eigenvalue weighted by atomic mass is 9.82. The number of carbonyl (C=O) groups is 2. The third-order valence-electron chi connectivity index (χ3n) is 2.62. The summed E-state index contributed by atoms with van der Waals surface area (Å²) in [5.74, 6) is 0.235. The summed E-state index contributed by atoms with van der Waals surface area (Å²) in [4.78, 5) is 24.5. The van der Waals surface area contributed by atoms with Crippen LogP contribution in [0.3, 0.4) is 0 Å². The molecule has 1 saturated heterocycles. The molecule has 0 aromatic rings. The molecule has 3 heteroatoms. The Kier molecular flexibility index (Phi) is 2.08. The van der Waals surface area contributed by atoms with Crippen molar-refractivity contribution < 1.29 is 9.59 Å². The standard InChI is InChI=1S/C9H15NO2/c1-6(11)8-9(2,3)7(12)5-10(8)4/h8H,5H2,1-4H3/t8-/m1/s1. The van der Waals surface area contributed by atoms with E-state index in [0.717, 1.165) is 0 Å². The molecule has 1 atom stereocenters. The molecule has 0 radical (unpaired) electrons. The van der Waals surface area contributed by atoms with Crippen LogP contribution in [0.25, 0.3) is 0 Å². The minimum Gasteiger partial charge on any atom is -0.298 e. The topological polar surface area (TPSA) is 37.4 Å². The molecule has 0 N–H and O–H groups in total. The van der Waals surface area contributed by atoms with Gasteiger partial charge in [-0.05, 0) is 14.0 Å². The van der Waals surface area contributed by atoms with Crippen LogP contribution in [-0.2, 0) is 9.59 Å². The second kappa shape index (κ2) is 2.66. The second-order valence-corrected chi connectivity index (χ2v) is 4.07. The van der Waals surface area contributed by atoms with Crippen molar-refractivity contribution in [1.29, 1.82) is 0 Å².